The van der Waals surface area contributed by atoms with Gasteiger partial charge in [0.15, 0.2) is 0 Å². The third-order valence-corrected chi connectivity index (χ3v) is 3.42. The van der Waals surface area contributed by atoms with Crippen LogP contribution in [0, 0.1) is 0 Å². The minimum absolute atomic E-state index is 0.0278. The summed E-state index contributed by atoms with van der Waals surface area (Å²) in [6.45, 7) is 2.14. The number of nitrogen functional groups attached to an aromatic ring is 1. The van der Waals surface area contributed by atoms with Gasteiger partial charge in [0, 0.05) is 5.69 Å². The van der Waals surface area contributed by atoms with Gasteiger partial charge >= 0.3 is 0 Å². The van der Waals surface area contributed by atoms with Gasteiger partial charge in [-0.3, -0.25) is 4.79 Å². The van der Waals surface area contributed by atoms with Crippen molar-refractivity contribution in [2.45, 2.75) is 19.8 Å². The SMILES string of the molecule is CCCCSCC(=O)Nc1cc(N)ccc1OC. The van der Waals surface area contributed by atoms with E-state index in [1.54, 1.807) is 37.1 Å². The summed E-state index contributed by atoms with van der Waals surface area (Å²) in [5.41, 5.74) is 6.91. The second-order valence-electron chi connectivity index (χ2n) is 3.91. The van der Waals surface area contributed by atoms with Crippen LogP contribution in [0.2, 0.25) is 0 Å². The summed E-state index contributed by atoms with van der Waals surface area (Å²) in [5, 5.41) is 2.81. The highest BCUT2D eigenvalue weighted by molar-refractivity contribution is 7.99. The highest BCUT2D eigenvalue weighted by Gasteiger charge is 2.07. The van der Waals surface area contributed by atoms with E-state index in [0.717, 1.165) is 18.6 Å². The Morgan fingerprint density at radius 1 is 1.50 bits per heavy atom. The van der Waals surface area contributed by atoms with Crippen molar-refractivity contribution in [3.63, 3.8) is 0 Å². The van der Waals surface area contributed by atoms with Crippen LogP contribution in [-0.2, 0) is 4.79 Å². The molecule has 1 amide bonds. The number of anilines is 2. The molecule has 1 aromatic rings. The maximum atomic E-state index is 11.7. The monoisotopic (exact) mass is 268 g/mol. The minimum Gasteiger partial charge on any atom is -0.495 e. The molecule has 5 heteroatoms. The van der Waals surface area contributed by atoms with Gasteiger partial charge < -0.3 is 15.8 Å². The molecule has 100 valence electrons. The Kier molecular flexibility index (Phi) is 6.43. The van der Waals surface area contributed by atoms with Gasteiger partial charge in [0.2, 0.25) is 5.91 Å². The topological polar surface area (TPSA) is 64.4 Å². The van der Waals surface area contributed by atoms with Gasteiger partial charge in [-0.25, -0.2) is 0 Å². The molecular formula is C13H20N2O2S. The summed E-state index contributed by atoms with van der Waals surface area (Å²) in [6.07, 6.45) is 2.29. The maximum Gasteiger partial charge on any atom is 0.234 e. The molecule has 0 aromatic heterocycles. The van der Waals surface area contributed by atoms with Crippen molar-refractivity contribution in [3.05, 3.63) is 18.2 Å². The molecule has 0 bridgehead atoms. The molecule has 4 nitrogen and oxygen atoms in total. The maximum absolute atomic E-state index is 11.7. The predicted octanol–water partition coefficient (Wildman–Crippen LogP) is 2.75. The van der Waals surface area contributed by atoms with Crippen molar-refractivity contribution >= 4 is 29.0 Å². The Morgan fingerprint density at radius 3 is 2.94 bits per heavy atom. The van der Waals surface area contributed by atoms with Crippen molar-refractivity contribution in [3.8, 4) is 5.75 Å². The summed E-state index contributed by atoms with van der Waals surface area (Å²) < 4.78 is 5.17. The largest absolute Gasteiger partial charge is 0.495 e. The number of ether oxygens (including phenoxy) is 1. The number of thioether (sulfide) groups is 1. The first kappa shape index (κ1) is 14.7. The van der Waals surface area contributed by atoms with E-state index in [-0.39, 0.29) is 5.91 Å². The zero-order chi connectivity index (χ0) is 13.4. The molecule has 0 saturated carbocycles. The first-order valence-corrected chi connectivity index (χ1v) is 7.14. The number of unbranched alkanes of at least 4 members (excludes halogenated alkanes) is 1. The van der Waals surface area contributed by atoms with E-state index in [9.17, 15) is 4.79 Å². The molecule has 0 aliphatic heterocycles. The Bertz CT molecular complexity index is 397. The normalized spacial score (nSPS) is 10.1. The van der Waals surface area contributed by atoms with E-state index in [1.807, 2.05) is 0 Å². The fourth-order valence-corrected chi connectivity index (χ4v) is 2.32. The Balaban J connectivity index is 2.50. The van der Waals surface area contributed by atoms with E-state index < -0.39 is 0 Å². The Morgan fingerprint density at radius 2 is 2.28 bits per heavy atom. The van der Waals surface area contributed by atoms with E-state index in [4.69, 9.17) is 10.5 Å². The number of carbonyl (C=O) groups is 1. The molecule has 0 spiro atoms. The number of rotatable bonds is 7. The summed E-state index contributed by atoms with van der Waals surface area (Å²) in [6, 6.07) is 5.19. The van der Waals surface area contributed by atoms with E-state index in [0.29, 0.717) is 22.9 Å². The number of methoxy groups -OCH3 is 1. The molecule has 0 aliphatic carbocycles. The average molecular weight is 268 g/mol. The van der Waals surface area contributed by atoms with Crippen molar-refractivity contribution in [2.24, 2.45) is 0 Å². The second-order valence-corrected chi connectivity index (χ2v) is 5.02. The van der Waals surface area contributed by atoms with Gasteiger partial charge in [0.05, 0.1) is 18.6 Å². The molecule has 0 heterocycles. The van der Waals surface area contributed by atoms with Crippen LogP contribution in [0.5, 0.6) is 5.75 Å². The fraction of sp³-hybridized carbons (Fsp3) is 0.462. The average Bonchev–Trinajstić information content (AvgIpc) is 2.35. The van der Waals surface area contributed by atoms with Gasteiger partial charge in [-0.05, 0) is 30.4 Å². The van der Waals surface area contributed by atoms with Crippen molar-refractivity contribution in [1.29, 1.82) is 0 Å². The van der Waals surface area contributed by atoms with Crippen molar-refractivity contribution < 1.29 is 9.53 Å². The zero-order valence-electron chi connectivity index (χ0n) is 10.9. The number of hydrogen-bond donors (Lipinski definition) is 2. The summed E-state index contributed by atoms with van der Waals surface area (Å²) in [7, 11) is 1.57. The van der Waals surface area contributed by atoms with Crippen LogP contribution in [0.1, 0.15) is 19.8 Å². The standard InChI is InChI=1S/C13H20N2O2S/c1-3-4-7-18-9-13(16)15-11-8-10(14)5-6-12(11)17-2/h5-6,8H,3-4,7,9,14H2,1-2H3,(H,15,16). The molecule has 1 aromatic carbocycles. The second kappa shape index (κ2) is 7.87. The number of nitrogens with one attached hydrogen (secondary N) is 1. The number of nitrogens with two attached hydrogens (primary N) is 1. The first-order chi connectivity index (χ1) is 8.67. The molecule has 1 rings (SSSR count). The lowest BCUT2D eigenvalue weighted by molar-refractivity contribution is -0.113. The number of amides is 1. The molecule has 3 N–H and O–H groups in total. The quantitative estimate of drug-likeness (QED) is 0.589. The molecule has 0 radical (unpaired) electrons. The lowest BCUT2D eigenvalue weighted by Gasteiger charge is -2.10. The van der Waals surface area contributed by atoms with Crippen LogP contribution in [0.3, 0.4) is 0 Å². The number of benzene rings is 1. The minimum atomic E-state index is -0.0278. The third kappa shape index (κ3) is 4.87. The number of carbonyl (C=O) groups excluding carboxylic acids is 1. The van der Waals surface area contributed by atoms with Crippen molar-refractivity contribution in [1.82, 2.24) is 0 Å². The van der Waals surface area contributed by atoms with Crippen LogP contribution < -0.4 is 15.8 Å². The van der Waals surface area contributed by atoms with Gasteiger partial charge in [0.25, 0.3) is 0 Å². The molecule has 0 aliphatic rings. The first-order valence-electron chi connectivity index (χ1n) is 5.98. The van der Waals surface area contributed by atoms with Crippen LogP contribution in [0.15, 0.2) is 18.2 Å². The van der Waals surface area contributed by atoms with Crippen LogP contribution in [0.25, 0.3) is 0 Å². The Hall–Kier alpha value is -1.36. The summed E-state index contributed by atoms with van der Waals surface area (Å²) in [5.74, 6) is 2.06. The molecular weight excluding hydrogens is 248 g/mol. The predicted molar refractivity (Wildman–Crippen MR) is 78.3 cm³/mol. The van der Waals surface area contributed by atoms with Gasteiger partial charge in [0.1, 0.15) is 5.75 Å². The third-order valence-electron chi connectivity index (χ3n) is 2.37. The van der Waals surface area contributed by atoms with E-state index >= 15 is 0 Å². The van der Waals surface area contributed by atoms with Gasteiger partial charge in [-0.15, -0.1) is 0 Å². The van der Waals surface area contributed by atoms with Crippen LogP contribution in [0.4, 0.5) is 11.4 Å². The van der Waals surface area contributed by atoms with Crippen molar-refractivity contribution in [2.75, 3.05) is 29.7 Å². The summed E-state index contributed by atoms with van der Waals surface area (Å²) >= 11 is 1.64. The molecule has 0 unspecified atom stereocenters. The van der Waals surface area contributed by atoms with Crippen LogP contribution >= 0.6 is 11.8 Å². The molecule has 18 heavy (non-hydrogen) atoms. The molecule has 0 saturated heterocycles. The van der Waals surface area contributed by atoms with Crippen LogP contribution in [-0.4, -0.2) is 24.5 Å². The smallest absolute Gasteiger partial charge is 0.234 e. The number of hydrogen-bond acceptors (Lipinski definition) is 4. The van der Waals surface area contributed by atoms with E-state index in [1.165, 1.54) is 0 Å². The lowest BCUT2D eigenvalue weighted by atomic mass is 10.2. The van der Waals surface area contributed by atoms with E-state index in [2.05, 4.69) is 12.2 Å². The zero-order valence-corrected chi connectivity index (χ0v) is 11.7. The lowest BCUT2D eigenvalue weighted by Crippen LogP contribution is -2.15. The van der Waals surface area contributed by atoms with Gasteiger partial charge in [-0.2, -0.15) is 11.8 Å². The summed E-state index contributed by atoms with van der Waals surface area (Å²) in [4.78, 5) is 11.7. The Labute approximate surface area is 112 Å². The van der Waals surface area contributed by atoms with Gasteiger partial charge in [-0.1, -0.05) is 13.3 Å². The fourth-order valence-electron chi connectivity index (χ4n) is 1.42. The molecule has 0 fully saturated rings. The molecule has 0 atom stereocenters. The highest BCUT2D eigenvalue weighted by Crippen LogP contribution is 2.26. The highest BCUT2D eigenvalue weighted by atomic mass is 32.2.